The van der Waals surface area contributed by atoms with E-state index >= 15 is 0 Å². The molecule has 1 amide bonds. The highest BCUT2D eigenvalue weighted by atomic mass is 32.2. The van der Waals surface area contributed by atoms with E-state index in [0.29, 0.717) is 10.8 Å². The van der Waals surface area contributed by atoms with Crippen LogP contribution in [-0.2, 0) is 11.8 Å². The molecule has 0 spiro atoms. The number of amides is 1. The van der Waals surface area contributed by atoms with Crippen molar-refractivity contribution in [2.24, 2.45) is 7.05 Å². The Balaban J connectivity index is 2.04. The molecule has 1 atom stereocenters. The first kappa shape index (κ1) is 14.3. The molecule has 0 aliphatic rings. The second kappa shape index (κ2) is 5.87. The first-order valence-electron chi connectivity index (χ1n) is 5.72. The Morgan fingerprint density at radius 2 is 2.30 bits per heavy atom. The second-order valence-electron chi connectivity index (χ2n) is 4.07. The molecular formula is C11H13FN6OS. The van der Waals surface area contributed by atoms with Crippen LogP contribution in [0.5, 0.6) is 0 Å². The Morgan fingerprint density at radius 3 is 2.95 bits per heavy atom. The first-order valence-corrected chi connectivity index (χ1v) is 6.60. The van der Waals surface area contributed by atoms with Gasteiger partial charge in [-0.1, -0.05) is 11.8 Å². The number of aryl methyl sites for hydroxylation is 1. The minimum atomic E-state index is -0.537. The van der Waals surface area contributed by atoms with Crippen molar-refractivity contribution >= 4 is 29.0 Å². The number of rotatable bonds is 4. The third-order valence-electron chi connectivity index (χ3n) is 2.48. The lowest BCUT2D eigenvalue weighted by molar-refractivity contribution is -0.115. The minimum absolute atomic E-state index is 0.0542. The molecular weight excluding hydrogens is 283 g/mol. The average Bonchev–Trinajstić information content (AvgIpc) is 2.79. The fourth-order valence-electron chi connectivity index (χ4n) is 1.41. The van der Waals surface area contributed by atoms with Crippen LogP contribution in [0.1, 0.15) is 6.92 Å². The van der Waals surface area contributed by atoms with Gasteiger partial charge in [0.15, 0.2) is 0 Å². The molecule has 2 aromatic rings. The number of hydrogen-bond donors (Lipinski definition) is 2. The number of hydrogen-bond acceptors (Lipinski definition) is 6. The van der Waals surface area contributed by atoms with Gasteiger partial charge in [-0.15, -0.1) is 5.10 Å². The topological polar surface area (TPSA) is 98.7 Å². The monoisotopic (exact) mass is 296 g/mol. The van der Waals surface area contributed by atoms with Crippen molar-refractivity contribution in [3.63, 3.8) is 0 Å². The largest absolute Gasteiger partial charge is 0.399 e. The number of nitrogens with zero attached hydrogens (tertiary/aromatic N) is 4. The molecule has 0 radical (unpaired) electrons. The number of nitrogen functional groups attached to an aromatic ring is 1. The summed E-state index contributed by atoms with van der Waals surface area (Å²) in [7, 11) is 1.67. The van der Waals surface area contributed by atoms with Crippen LogP contribution in [-0.4, -0.2) is 31.4 Å². The first-order chi connectivity index (χ1) is 9.47. The third kappa shape index (κ3) is 3.23. The fraction of sp³-hybridized carbons (Fsp3) is 0.273. The highest BCUT2D eigenvalue weighted by molar-refractivity contribution is 8.00. The normalized spacial score (nSPS) is 12.2. The molecule has 1 aromatic heterocycles. The van der Waals surface area contributed by atoms with Crippen LogP contribution in [0, 0.1) is 5.82 Å². The number of thioether (sulfide) groups is 1. The fourth-order valence-corrected chi connectivity index (χ4v) is 2.16. The minimum Gasteiger partial charge on any atom is -0.399 e. The maximum absolute atomic E-state index is 13.5. The van der Waals surface area contributed by atoms with E-state index in [2.05, 4.69) is 20.8 Å². The van der Waals surface area contributed by atoms with Crippen LogP contribution in [0.4, 0.5) is 15.8 Å². The molecule has 1 aromatic carbocycles. The molecule has 0 saturated carbocycles. The van der Waals surface area contributed by atoms with E-state index in [4.69, 9.17) is 5.73 Å². The molecule has 0 aliphatic carbocycles. The molecule has 106 valence electrons. The van der Waals surface area contributed by atoms with Crippen molar-refractivity contribution in [1.82, 2.24) is 20.2 Å². The summed E-state index contributed by atoms with van der Waals surface area (Å²) in [5.74, 6) is -0.896. The van der Waals surface area contributed by atoms with E-state index < -0.39 is 11.1 Å². The number of aromatic nitrogens is 4. The van der Waals surface area contributed by atoms with Crippen LogP contribution >= 0.6 is 11.8 Å². The van der Waals surface area contributed by atoms with Crippen molar-refractivity contribution in [1.29, 1.82) is 0 Å². The van der Waals surface area contributed by atoms with E-state index in [-0.39, 0.29) is 11.6 Å². The van der Waals surface area contributed by atoms with Gasteiger partial charge in [-0.2, -0.15) is 0 Å². The average molecular weight is 296 g/mol. The maximum Gasteiger partial charge on any atom is 0.237 e. The Labute approximate surface area is 118 Å². The highest BCUT2D eigenvalue weighted by Gasteiger charge is 2.18. The summed E-state index contributed by atoms with van der Waals surface area (Å²) in [6, 6.07) is 4.00. The van der Waals surface area contributed by atoms with Gasteiger partial charge in [0.1, 0.15) is 5.82 Å². The molecule has 20 heavy (non-hydrogen) atoms. The van der Waals surface area contributed by atoms with Crippen molar-refractivity contribution in [2.45, 2.75) is 17.3 Å². The van der Waals surface area contributed by atoms with Crippen molar-refractivity contribution in [3.8, 4) is 0 Å². The summed E-state index contributed by atoms with van der Waals surface area (Å²) < 4.78 is 15.0. The van der Waals surface area contributed by atoms with Gasteiger partial charge >= 0.3 is 0 Å². The summed E-state index contributed by atoms with van der Waals surface area (Å²) >= 11 is 1.18. The third-order valence-corrected chi connectivity index (χ3v) is 3.61. The van der Waals surface area contributed by atoms with E-state index in [1.165, 1.54) is 34.6 Å². The smallest absolute Gasteiger partial charge is 0.237 e. The Kier molecular flexibility index (Phi) is 4.18. The molecule has 0 aliphatic heterocycles. The van der Waals surface area contributed by atoms with Gasteiger partial charge in [0.05, 0.1) is 10.9 Å². The lowest BCUT2D eigenvalue weighted by Crippen LogP contribution is -2.23. The molecule has 3 N–H and O–H groups in total. The molecule has 0 bridgehead atoms. The summed E-state index contributed by atoms with van der Waals surface area (Å²) in [5, 5.41) is 13.4. The zero-order valence-corrected chi connectivity index (χ0v) is 11.7. The lowest BCUT2D eigenvalue weighted by atomic mass is 10.2. The molecule has 7 nitrogen and oxygen atoms in total. The number of nitrogens with two attached hydrogens (primary N) is 1. The number of halogens is 1. The summed E-state index contributed by atoms with van der Waals surface area (Å²) in [5.41, 5.74) is 5.98. The Hall–Kier alpha value is -2.16. The van der Waals surface area contributed by atoms with Gasteiger partial charge < -0.3 is 11.1 Å². The molecule has 9 heteroatoms. The van der Waals surface area contributed by atoms with E-state index in [1.807, 2.05) is 0 Å². The zero-order valence-electron chi connectivity index (χ0n) is 10.9. The van der Waals surface area contributed by atoms with Crippen molar-refractivity contribution in [3.05, 3.63) is 24.0 Å². The Morgan fingerprint density at radius 1 is 1.55 bits per heavy atom. The molecule has 0 saturated heterocycles. The van der Waals surface area contributed by atoms with E-state index in [9.17, 15) is 9.18 Å². The highest BCUT2D eigenvalue weighted by Crippen LogP contribution is 2.22. The Bertz CT molecular complexity index is 631. The predicted molar refractivity (Wildman–Crippen MR) is 73.6 cm³/mol. The lowest BCUT2D eigenvalue weighted by Gasteiger charge is -2.11. The van der Waals surface area contributed by atoms with Gasteiger partial charge in [0, 0.05) is 12.7 Å². The molecule has 2 rings (SSSR count). The van der Waals surface area contributed by atoms with Crippen molar-refractivity contribution in [2.75, 3.05) is 11.1 Å². The molecule has 1 unspecified atom stereocenters. The number of nitrogens with one attached hydrogen (secondary N) is 1. The second-order valence-corrected chi connectivity index (χ2v) is 5.38. The standard InChI is InChI=1S/C11H13FN6OS/c1-6(20-11-15-16-17-18(11)2)10(19)14-9-5-7(13)3-4-8(9)12/h3-6H,13H2,1-2H3,(H,14,19). The maximum atomic E-state index is 13.5. The van der Waals surface area contributed by atoms with Gasteiger partial charge in [-0.05, 0) is 35.5 Å². The molecule has 1 heterocycles. The van der Waals surface area contributed by atoms with E-state index in [0.717, 1.165) is 0 Å². The summed E-state index contributed by atoms with van der Waals surface area (Å²) in [6.45, 7) is 1.68. The van der Waals surface area contributed by atoms with Gasteiger partial charge in [0.25, 0.3) is 0 Å². The number of tetrazole rings is 1. The number of carbonyl (C=O) groups excluding carboxylic acids is 1. The van der Waals surface area contributed by atoms with Crippen molar-refractivity contribution < 1.29 is 9.18 Å². The summed E-state index contributed by atoms with van der Waals surface area (Å²) in [4.78, 5) is 12.0. The number of carbonyl (C=O) groups is 1. The van der Waals surface area contributed by atoms with Crippen LogP contribution < -0.4 is 11.1 Å². The quantitative estimate of drug-likeness (QED) is 0.646. The number of anilines is 2. The van der Waals surface area contributed by atoms with Gasteiger partial charge in [-0.3, -0.25) is 4.79 Å². The SMILES string of the molecule is CC(Sc1nnnn1C)C(=O)Nc1cc(N)ccc1F. The van der Waals surface area contributed by atoms with Crippen LogP contribution in [0.3, 0.4) is 0 Å². The zero-order chi connectivity index (χ0) is 14.7. The summed E-state index contributed by atoms with van der Waals surface area (Å²) in [6.07, 6.45) is 0. The van der Waals surface area contributed by atoms with Crippen LogP contribution in [0.2, 0.25) is 0 Å². The van der Waals surface area contributed by atoms with Crippen LogP contribution in [0.15, 0.2) is 23.4 Å². The van der Waals surface area contributed by atoms with Gasteiger partial charge in [0.2, 0.25) is 11.1 Å². The van der Waals surface area contributed by atoms with Gasteiger partial charge in [-0.25, -0.2) is 9.07 Å². The predicted octanol–water partition coefficient (Wildman–Crippen LogP) is 1.05. The number of benzene rings is 1. The van der Waals surface area contributed by atoms with E-state index in [1.54, 1.807) is 14.0 Å². The molecule has 0 fully saturated rings. The van der Waals surface area contributed by atoms with Crippen LogP contribution in [0.25, 0.3) is 0 Å².